The molecule has 0 aliphatic carbocycles. The minimum Gasteiger partial charge on any atom is -0.457 e. The molecule has 0 fully saturated rings. The molecule has 1 aliphatic rings. The van der Waals surface area contributed by atoms with E-state index < -0.39 is 5.92 Å². The van der Waals surface area contributed by atoms with E-state index in [0.29, 0.717) is 0 Å². The molecule has 1 aliphatic heterocycles. The van der Waals surface area contributed by atoms with Crippen LogP contribution in [0, 0.1) is 0 Å². The van der Waals surface area contributed by atoms with Gasteiger partial charge in [0.1, 0.15) is 11.5 Å². The van der Waals surface area contributed by atoms with E-state index >= 15 is 0 Å². The summed E-state index contributed by atoms with van der Waals surface area (Å²) >= 11 is 6.92. The fraction of sp³-hybridized carbons (Fsp3) is 0.0500. The second-order valence-electron chi connectivity index (χ2n) is 5.72. The third-order valence-electron chi connectivity index (χ3n) is 4.13. The maximum absolute atomic E-state index is 13.1. The Balaban J connectivity index is 1.75. The predicted molar refractivity (Wildman–Crippen MR) is 105 cm³/mol. The summed E-state index contributed by atoms with van der Waals surface area (Å²) in [7, 11) is 0. The molecular formula is C20H13Br2NO2. The van der Waals surface area contributed by atoms with Gasteiger partial charge in [-0.25, -0.2) is 0 Å². The van der Waals surface area contributed by atoms with E-state index in [1.165, 1.54) is 0 Å². The summed E-state index contributed by atoms with van der Waals surface area (Å²) in [6.45, 7) is 0. The number of carbonyl (C=O) groups excluding carboxylic acids is 1. The van der Waals surface area contributed by atoms with Crippen LogP contribution in [0.25, 0.3) is 0 Å². The first-order chi connectivity index (χ1) is 12.1. The highest BCUT2D eigenvalue weighted by atomic mass is 79.9. The van der Waals surface area contributed by atoms with E-state index in [1.807, 2.05) is 66.7 Å². The van der Waals surface area contributed by atoms with Crippen LogP contribution in [0.2, 0.25) is 0 Å². The molecule has 3 nitrogen and oxygen atoms in total. The molecule has 4 rings (SSSR count). The van der Waals surface area contributed by atoms with E-state index in [0.717, 1.165) is 37.3 Å². The third-order valence-corrected chi connectivity index (χ3v) is 5.28. The molecule has 0 radical (unpaired) electrons. The minimum atomic E-state index is -0.420. The third kappa shape index (κ3) is 3.10. The molecule has 3 aromatic rings. The smallest absolute Gasteiger partial charge is 0.236 e. The van der Waals surface area contributed by atoms with Gasteiger partial charge in [-0.15, -0.1) is 0 Å². The number of ether oxygens (including phenoxy) is 1. The topological polar surface area (TPSA) is 38.3 Å². The van der Waals surface area contributed by atoms with Crippen LogP contribution >= 0.6 is 31.9 Å². The first-order valence-electron chi connectivity index (χ1n) is 7.75. The Bertz CT molecular complexity index is 926. The van der Waals surface area contributed by atoms with Crippen LogP contribution < -0.4 is 10.1 Å². The number of anilines is 1. The van der Waals surface area contributed by atoms with Crippen LogP contribution in [-0.4, -0.2) is 5.91 Å². The number of fused-ring (bicyclic) bond motifs is 2. The zero-order valence-corrected chi connectivity index (χ0v) is 16.2. The van der Waals surface area contributed by atoms with E-state index in [9.17, 15) is 4.79 Å². The molecule has 3 aromatic carbocycles. The molecule has 0 saturated carbocycles. The second kappa shape index (κ2) is 6.65. The molecule has 0 saturated heterocycles. The zero-order valence-electron chi connectivity index (χ0n) is 13.0. The highest BCUT2D eigenvalue weighted by Gasteiger charge is 2.32. The summed E-state index contributed by atoms with van der Waals surface area (Å²) in [6.07, 6.45) is 0. The molecule has 124 valence electrons. The highest BCUT2D eigenvalue weighted by molar-refractivity contribution is 9.11. The lowest BCUT2D eigenvalue weighted by Gasteiger charge is -2.27. The van der Waals surface area contributed by atoms with Gasteiger partial charge in [-0.05, 0) is 46.3 Å². The van der Waals surface area contributed by atoms with Gasteiger partial charge in [0.05, 0.1) is 11.6 Å². The fourth-order valence-electron chi connectivity index (χ4n) is 2.99. The van der Waals surface area contributed by atoms with Crippen molar-refractivity contribution < 1.29 is 9.53 Å². The van der Waals surface area contributed by atoms with Crippen LogP contribution in [0.15, 0.2) is 75.7 Å². The van der Waals surface area contributed by atoms with Gasteiger partial charge in [0.2, 0.25) is 5.91 Å². The van der Waals surface area contributed by atoms with Gasteiger partial charge in [-0.3, -0.25) is 4.79 Å². The standard InChI is InChI=1S/C20H13Br2NO2/c21-12-9-10-16(15(22)11-12)23-20(24)19-13-5-1-3-7-17(13)25-18-8-4-2-6-14(18)19/h1-11,19H,(H,23,24). The van der Waals surface area contributed by atoms with Crippen molar-refractivity contribution in [2.24, 2.45) is 0 Å². The Labute approximate surface area is 162 Å². The number of amides is 1. The van der Waals surface area contributed by atoms with E-state index in [1.54, 1.807) is 0 Å². The van der Waals surface area contributed by atoms with E-state index in [2.05, 4.69) is 37.2 Å². The van der Waals surface area contributed by atoms with Gasteiger partial charge in [-0.2, -0.15) is 0 Å². The van der Waals surface area contributed by atoms with Gasteiger partial charge < -0.3 is 10.1 Å². The Kier molecular flexibility index (Phi) is 4.36. The molecule has 1 amide bonds. The lowest BCUT2D eigenvalue weighted by molar-refractivity contribution is -0.116. The van der Waals surface area contributed by atoms with Crippen molar-refractivity contribution in [1.82, 2.24) is 0 Å². The van der Waals surface area contributed by atoms with Crippen LogP contribution in [0.3, 0.4) is 0 Å². The molecule has 0 bridgehead atoms. The summed E-state index contributed by atoms with van der Waals surface area (Å²) in [5.41, 5.74) is 2.47. The van der Waals surface area contributed by atoms with Crippen molar-refractivity contribution in [2.75, 3.05) is 5.32 Å². The zero-order chi connectivity index (χ0) is 17.4. The number of carbonyl (C=O) groups is 1. The molecule has 0 aromatic heterocycles. The number of nitrogens with one attached hydrogen (secondary N) is 1. The quantitative estimate of drug-likeness (QED) is 0.504. The molecule has 0 spiro atoms. The molecule has 5 heteroatoms. The Morgan fingerprint density at radius 3 is 2.08 bits per heavy atom. The van der Waals surface area contributed by atoms with Crippen molar-refractivity contribution in [1.29, 1.82) is 0 Å². The normalized spacial score (nSPS) is 12.7. The van der Waals surface area contributed by atoms with Crippen LogP contribution in [0.5, 0.6) is 11.5 Å². The van der Waals surface area contributed by atoms with Gasteiger partial charge in [0.15, 0.2) is 0 Å². The number of benzene rings is 3. The number of para-hydroxylation sites is 2. The summed E-state index contributed by atoms with van der Waals surface area (Å²) in [6, 6.07) is 21.0. The average molecular weight is 459 g/mol. The largest absolute Gasteiger partial charge is 0.457 e. The number of halogens is 2. The Hall–Kier alpha value is -2.11. The van der Waals surface area contributed by atoms with Crippen molar-refractivity contribution in [2.45, 2.75) is 5.92 Å². The molecular weight excluding hydrogens is 446 g/mol. The van der Waals surface area contributed by atoms with Crippen molar-refractivity contribution >= 4 is 43.5 Å². The molecule has 0 atom stereocenters. The predicted octanol–water partition coefficient (Wildman–Crippen LogP) is 6.09. The van der Waals surface area contributed by atoms with Crippen molar-refractivity contribution in [3.63, 3.8) is 0 Å². The maximum atomic E-state index is 13.1. The average Bonchev–Trinajstić information content (AvgIpc) is 2.62. The number of rotatable bonds is 2. The lowest BCUT2D eigenvalue weighted by atomic mass is 9.87. The van der Waals surface area contributed by atoms with Crippen molar-refractivity contribution in [3.8, 4) is 11.5 Å². The fourth-order valence-corrected chi connectivity index (χ4v) is 4.13. The number of hydrogen-bond acceptors (Lipinski definition) is 2. The monoisotopic (exact) mass is 457 g/mol. The van der Waals surface area contributed by atoms with Crippen LogP contribution in [-0.2, 0) is 4.79 Å². The van der Waals surface area contributed by atoms with E-state index in [4.69, 9.17) is 4.74 Å². The van der Waals surface area contributed by atoms with E-state index in [-0.39, 0.29) is 5.91 Å². The maximum Gasteiger partial charge on any atom is 0.236 e. The summed E-state index contributed by atoms with van der Waals surface area (Å²) in [5, 5.41) is 3.03. The summed E-state index contributed by atoms with van der Waals surface area (Å²) < 4.78 is 7.72. The molecule has 1 heterocycles. The van der Waals surface area contributed by atoms with Gasteiger partial charge in [-0.1, -0.05) is 52.3 Å². The molecule has 0 unspecified atom stereocenters. The molecule has 1 N–H and O–H groups in total. The van der Waals surface area contributed by atoms with Crippen LogP contribution in [0.4, 0.5) is 5.69 Å². The Morgan fingerprint density at radius 1 is 0.880 bits per heavy atom. The molecule has 25 heavy (non-hydrogen) atoms. The van der Waals surface area contributed by atoms with Gasteiger partial charge in [0, 0.05) is 20.1 Å². The summed E-state index contributed by atoms with van der Waals surface area (Å²) in [4.78, 5) is 13.1. The second-order valence-corrected chi connectivity index (χ2v) is 7.49. The highest BCUT2D eigenvalue weighted by Crippen LogP contribution is 2.44. The van der Waals surface area contributed by atoms with Crippen molar-refractivity contribution in [3.05, 3.63) is 86.8 Å². The SMILES string of the molecule is O=C(Nc1ccc(Br)cc1Br)C1c2ccccc2Oc2ccccc21. The first-order valence-corrected chi connectivity index (χ1v) is 9.34. The minimum absolute atomic E-state index is 0.0915. The van der Waals surface area contributed by atoms with Gasteiger partial charge >= 0.3 is 0 Å². The van der Waals surface area contributed by atoms with Crippen LogP contribution in [0.1, 0.15) is 17.0 Å². The first kappa shape index (κ1) is 16.4. The summed E-state index contributed by atoms with van der Waals surface area (Å²) in [5.74, 6) is 0.926. The Morgan fingerprint density at radius 2 is 1.48 bits per heavy atom. The number of hydrogen-bond donors (Lipinski definition) is 1. The van der Waals surface area contributed by atoms with Gasteiger partial charge in [0.25, 0.3) is 0 Å². The lowest BCUT2D eigenvalue weighted by Crippen LogP contribution is -2.25.